The van der Waals surface area contributed by atoms with Crippen molar-refractivity contribution in [3.05, 3.63) is 0 Å². The fourth-order valence-electron chi connectivity index (χ4n) is 1.94. The molecule has 0 fully saturated rings. The van der Waals surface area contributed by atoms with E-state index < -0.39 is 0 Å². The van der Waals surface area contributed by atoms with Crippen molar-refractivity contribution in [2.75, 3.05) is 18.8 Å². The van der Waals surface area contributed by atoms with E-state index in [-0.39, 0.29) is 0 Å². The number of rotatable bonds is 13. The molecule has 0 aliphatic rings. The van der Waals surface area contributed by atoms with E-state index in [1.165, 1.54) is 70.8 Å². The Morgan fingerprint density at radius 3 is 1.69 bits per heavy atom. The molecule has 0 rings (SSSR count). The van der Waals surface area contributed by atoms with Gasteiger partial charge in [-0.25, -0.2) is 0 Å². The summed E-state index contributed by atoms with van der Waals surface area (Å²) in [6, 6.07) is 0. The first-order valence-electron chi connectivity index (χ1n) is 7.23. The molecule has 0 bridgehead atoms. The fourth-order valence-corrected chi connectivity index (χ4v) is 2.10. The van der Waals surface area contributed by atoms with Crippen LogP contribution in [0.2, 0.25) is 0 Å². The third-order valence-electron chi connectivity index (χ3n) is 3.00. The summed E-state index contributed by atoms with van der Waals surface area (Å²) in [4.78, 5) is 0. The van der Waals surface area contributed by atoms with Crippen molar-refractivity contribution in [1.82, 2.24) is 5.32 Å². The molecule has 0 saturated heterocycles. The maximum absolute atomic E-state index is 4.16. The Kier molecular flexibility index (Phi) is 15.6. The lowest BCUT2D eigenvalue weighted by Gasteiger charge is -2.03. The summed E-state index contributed by atoms with van der Waals surface area (Å²) >= 11 is 4.16. The molecule has 98 valence electrons. The number of thiol groups is 1. The molecule has 0 aromatic heterocycles. The quantitative estimate of drug-likeness (QED) is 0.361. The van der Waals surface area contributed by atoms with Gasteiger partial charge in [-0.2, -0.15) is 12.6 Å². The Hall–Kier alpha value is 0.310. The van der Waals surface area contributed by atoms with E-state index in [2.05, 4.69) is 24.9 Å². The van der Waals surface area contributed by atoms with Crippen LogP contribution in [0.3, 0.4) is 0 Å². The monoisotopic (exact) mass is 245 g/mol. The highest BCUT2D eigenvalue weighted by atomic mass is 32.1. The largest absolute Gasteiger partial charge is 0.316 e. The van der Waals surface area contributed by atoms with Crippen molar-refractivity contribution in [1.29, 1.82) is 0 Å². The van der Waals surface area contributed by atoms with Crippen LogP contribution in [-0.4, -0.2) is 18.8 Å². The van der Waals surface area contributed by atoms with Crippen molar-refractivity contribution in [3.63, 3.8) is 0 Å². The average molecular weight is 245 g/mol. The second kappa shape index (κ2) is 15.3. The molecule has 0 aliphatic heterocycles. The van der Waals surface area contributed by atoms with E-state index in [0.29, 0.717) is 0 Å². The highest BCUT2D eigenvalue weighted by Crippen LogP contribution is 2.10. The van der Waals surface area contributed by atoms with Gasteiger partial charge in [0.2, 0.25) is 0 Å². The van der Waals surface area contributed by atoms with Crippen molar-refractivity contribution in [2.24, 2.45) is 0 Å². The molecule has 0 heterocycles. The van der Waals surface area contributed by atoms with Crippen LogP contribution in [0, 0.1) is 0 Å². The zero-order chi connectivity index (χ0) is 11.9. The molecule has 0 aliphatic carbocycles. The molecule has 0 radical (unpaired) electrons. The summed E-state index contributed by atoms with van der Waals surface area (Å²) in [5, 5.41) is 3.38. The molecule has 0 amide bonds. The molecule has 2 heteroatoms. The van der Waals surface area contributed by atoms with Gasteiger partial charge in [0, 0.05) is 12.3 Å². The third-order valence-corrected chi connectivity index (χ3v) is 3.22. The summed E-state index contributed by atoms with van der Waals surface area (Å²) < 4.78 is 0. The van der Waals surface area contributed by atoms with Crippen LogP contribution in [0.1, 0.15) is 71.1 Å². The first-order valence-corrected chi connectivity index (χ1v) is 7.86. The average Bonchev–Trinajstić information content (AvgIpc) is 2.31. The Labute approximate surface area is 108 Å². The Morgan fingerprint density at radius 1 is 0.688 bits per heavy atom. The summed E-state index contributed by atoms with van der Waals surface area (Å²) in [6.45, 7) is 4.51. The number of hydrogen-bond donors (Lipinski definition) is 2. The zero-order valence-electron chi connectivity index (χ0n) is 11.1. The first kappa shape index (κ1) is 16.3. The van der Waals surface area contributed by atoms with Crippen LogP contribution in [0.5, 0.6) is 0 Å². The van der Waals surface area contributed by atoms with Crippen LogP contribution in [0.25, 0.3) is 0 Å². The summed E-state index contributed by atoms with van der Waals surface area (Å²) in [6.07, 6.45) is 14.2. The van der Waals surface area contributed by atoms with Crippen molar-refractivity contribution in [2.45, 2.75) is 71.1 Å². The lowest BCUT2D eigenvalue weighted by Crippen LogP contribution is -2.17. The van der Waals surface area contributed by atoms with Gasteiger partial charge >= 0.3 is 0 Å². The Balaban J connectivity index is 2.83. The summed E-state index contributed by atoms with van der Waals surface area (Å²) in [5.41, 5.74) is 0. The Bertz CT molecular complexity index is 103. The molecule has 0 saturated carbocycles. The van der Waals surface area contributed by atoms with Gasteiger partial charge in [0.25, 0.3) is 0 Å². The van der Waals surface area contributed by atoms with Crippen molar-refractivity contribution in [3.8, 4) is 0 Å². The normalized spacial score (nSPS) is 10.9. The lowest BCUT2D eigenvalue weighted by atomic mass is 10.1. The van der Waals surface area contributed by atoms with Gasteiger partial charge in [-0.3, -0.25) is 0 Å². The minimum absolute atomic E-state index is 0.956. The molecule has 0 atom stereocenters. The van der Waals surface area contributed by atoms with E-state index in [0.717, 1.165) is 12.3 Å². The first-order chi connectivity index (χ1) is 7.91. The smallest absolute Gasteiger partial charge is 0.00397 e. The number of hydrogen-bond acceptors (Lipinski definition) is 2. The van der Waals surface area contributed by atoms with Crippen molar-refractivity contribution < 1.29 is 0 Å². The fraction of sp³-hybridized carbons (Fsp3) is 1.00. The van der Waals surface area contributed by atoms with Gasteiger partial charge < -0.3 is 5.32 Å². The van der Waals surface area contributed by atoms with Crippen molar-refractivity contribution >= 4 is 12.6 Å². The second-order valence-electron chi connectivity index (χ2n) is 4.66. The van der Waals surface area contributed by atoms with Gasteiger partial charge in [-0.1, -0.05) is 64.7 Å². The van der Waals surface area contributed by atoms with E-state index in [1.54, 1.807) is 0 Å². The standard InChI is InChI=1S/C14H31NS/c1-2-3-4-5-6-7-8-9-10-11-12-15-13-14-16/h15-16H,2-14H2,1H3. The SMILES string of the molecule is CCCCCCCCCCCCNCCS. The van der Waals surface area contributed by atoms with Gasteiger partial charge in [-0.15, -0.1) is 0 Å². The van der Waals surface area contributed by atoms with Gasteiger partial charge in [0.15, 0.2) is 0 Å². The highest BCUT2D eigenvalue weighted by molar-refractivity contribution is 7.80. The van der Waals surface area contributed by atoms with E-state index in [9.17, 15) is 0 Å². The van der Waals surface area contributed by atoms with E-state index in [4.69, 9.17) is 0 Å². The lowest BCUT2D eigenvalue weighted by molar-refractivity contribution is 0.547. The molecule has 16 heavy (non-hydrogen) atoms. The molecule has 0 spiro atoms. The van der Waals surface area contributed by atoms with Crippen LogP contribution < -0.4 is 5.32 Å². The van der Waals surface area contributed by atoms with E-state index in [1.807, 2.05) is 0 Å². The summed E-state index contributed by atoms with van der Waals surface area (Å²) in [5.74, 6) is 0.956. The van der Waals surface area contributed by atoms with Crippen LogP contribution in [-0.2, 0) is 0 Å². The van der Waals surface area contributed by atoms with Crippen LogP contribution >= 0.6 is 12.6 Å². The maximum atomic E-state index is 4.16. The predicted octanol–water partition coefficient (Wildman–Crippen LogP) is 4.43. The van der Waals surface area contributed by atoms with Crippen LogP contribution in [0.15, 0.2) is 0 Å². The molecule has 0 aromatic rings. The molecule has 0 aromatic carbocycles. The zero-order valence-corrected chi connectivity index (χ0v) is 12.0. The minimum Gasteiger partial charge on any atom is -0.316 e. The maximum Gasteiger partial charge on any atom is 0.00397 e. The van der Waals surface area contributed by atoms with E-state index >= 15 is 0 Å². The topological polar surface area (TPSA) is 12.0 Å². The molecular weight excluding hydrogens is 214 g/mol. The predicted molar refractivity (Wildman–Crippen MR) is 78.6 cm³/mol. The van der Waals surface area contributed by atoms with Gasteiger partial charge in [0.05, 0.1) is 0 Å². The number of unbranched alkanes of at least 4 members (excludes halogenated alkanes) is 9. The minimum atomic E-state index is 0.956. The second-order valence-corrected chi connectivity index (χ2v) is 5.10. The molecular formula is C14H31NS. The highest BCUT2D eigenvalue weighted by Gasteiger charge is 1.92. The number of nitrogens with one attached hydrogen (secondary N) is 1. The third kappa shape index (κ3) is 14.3. The molecule has 1 nitrogen and oxygen atoms in total. The molecule has 1 N–H and O–H groups in total. The van der Waals surface area contributed by atoms with Crippen LogP contribution in [0.4, 0.5) is 0 Å². The summed E-state index contributed by atoms with van der Waals surface area (Å²) in [7, 11) is 0. The van der Waals surface area contributed by atoms with Gasteiger partial charge in [0.1, 0.15) is 0 Å². The van der Waals surface area contributed by atoms with Gasteiger partial charge in [-0.05, 0) is 13.0 Å². The molecule has 0 unspecified atom stereocenters. The Morgan fingerprint density at radius 2 is 1.19 bits per heavy atom.